The molecule has 3 rings (SSSR count). The molecule has 1 saturated heterocycles. The van der Waals surface area contributed by atoms with Gasteiger partial charge in [0.15, 0.2) is 0 Å². The average Bonchev–Trinajstić information content (AvgIpc) is 2.80. The highest BCUT2D eigenvalue weighted by Crippen LogP contribution is 2.20. The van der Waals surface area contributed by atoms with Crippen LogP contribution < -0.4 is 15.5 Å². The maximum Gasteiger partial charge on any atom is 0.222 e. The highest BCUT2D eigenvalue weighted by atomic mass is 15.3. The molecule has 2 heterocycles. The van der Waals surface area contributed by atoms with Crippen molar-refractivity contribution in [3.63, 3.8) is 0 Å². The van der Waals surface area contributed by atoms with Crippen molar-refractivity contribution in [2.75, 3.05) is 41.7 Å². The maximum absolute atomic E-state index is 8.90. The molecule has 6 nitrogen and oxygen atoms in total. The summed E-state index contributed by atoms with van der Waals surface area (Å²) in [5, 5.41) is 8.90. The van der Waals surface area contributed by atoms with E-state index < -0.39 is 0 Å². The van der Waals surface area contributed by atoms with Crippen molar-refractivity contribution in [2.24, 2.45) is 0 Å². The van der Waals surface area contributed by atoms with Gasteiger partial charge in [-0.2, -0.15) is 10.2 Å². The fraction of sp³-hybridized carbons (Fsp3) is 0.353. The van der Waals surface area contributed by atoms with Gasteiger partial charge in [0.2, 0.25) is 5.95 Å². The Morgan fingerprint density at radius 3 is 2.43 bits per heavy atom. The van der Waals surface area contributed by atoms with E-state index in [2.05, 4.69) is 25.8 Å². The normalized spacial score (nSPS) is 15.1. The molecule has 0 amide bonds. The summed E-state index contributed by atoms with van der Waals surface area (Å²) in [5.41, 5.74) is 8.50. The molecule has 0 saturated carbocycles. The molecule has 2 N–H and O–H groups in total. The Labute approximate surface area is 136 Å². The van der Waals surface area contributed by atoms with E-state index in [9.17, 15) is 0 Å². The summed E-state index contributed by atoms with van der Waals surface area (Å²) in [7, 11) is 0. The first kappa shape index (κ1) is 15.1. The Hall–Kier alpha value is -2.81. The highest BCUT2D eigenvalue weighted by Gasteiger charge is 2.17. The lowest BCUT2D eigenvalue weighted by Gasteiger charge is -2.24. The molecule has 1 aliphatic rings. The van der Waals surface area contributed by atoms with Gasteiger partial charge < -0.3 is 15.5 Å². The number of rotatable bonds is 2. The number of nitrogens with zero attached hydrogens (tertiary/aromatic N) is 5. The zero-order chi connectivity index (χ0) is 16.2. The molecule has 23 heavy (non-hydrogen) atoms. The van der Waals surface area contributed by atoms with E-state index in [1.807, 2.05) is 37.3 Å². The second kappa shape index (κ2) is 6.53. The number of benzene rings is 1. The van der Waals surface area contributed by atoms with Gasteiger partial charge in [-0.05, 0) is 37.6 Å². The molecule has 2 aromatic rings. The van der Waals surface area contributed by atoms with Crippen LogP contribution in [0.5, 0.6) is 0 Å². The van der Waals surface area contributed by atoms with Crippen LogP contribution in [-0.2, 0) is 0 Å². The lowest BCUT2D eigenvalue weighted by Crippen LogP contribution is -2.31. The number of aryl methyl sites for hydroxylation is 1. The van der Waals surface area contributed by atoms with Gasteiger partial charge in [0.05, 0.1) is 11.6 Å². The van der Waals surface area contributed by atoms with Crippen molar-refractivity contribution in [1.82, 2.24) is 9.97 Å². The lowest BCUT2D eigenvalue weighted by molar-refractivity contribution is 0.795. The first-order valence-electron chi connectivity index (χ1n) is 7.77. The number of hydrogen-bond donors (Lipinski definition) is 1. The van der Waals surface area contributed by atoms with E-state index in [0.717, 1.165) is 49.8 Å². The summed E-state index contributed by atoms with van der Waals surface area (Å²) in [6.07, 6.45) is 1.04. The van der Waals surface area contributed by atoms with Crippen LogP contribution in [0.25, 0.3) is 0 Å². The third kappa shape index (κ3) is 3.51. The number of nitrogens with two attached hydrogens (primary N) is 1. The van der Waals surface area contributed by atoms with Crippen LogP contribution in [0.1, 0.15) is 17.7 Å². The Morgan fingerprint density at radius 1 is 1.04 bits per heavy atom. The van der Waals surface area contributed by atoms with Crippen LogP contribution >= 0.6 is 0 Å². The Kier molecular flexibility index (Phi) is 4.29. The van der Waals surface area contributed by atoms with Crippen molar-refractivity contribution >= 4 is 17.5 Å². The van der Waals surface area contributed by atoms with Crippen molar-refractivity contribution in [3.8, 4) is 6.07 Å². The molecule has 0 radical (unpaired) electrons. The molecular formula is C17H20N6. The number of hydrogen-bond acceptors (Lipinski definition) is 6. The van der Waals surface area contributed by atoms with Crippen molar-refractivity contribution in [2.45, 2.75) is 13.3 Å². The monoisotopic (exact) mass is 308 g/mol. The standard InChI is InChI=1S/C17H20N6/c1-13-11-16(21-17(19)20-13)23-8-2-7-22(9-10-23)15-5-3-14(12-18)4-6-15/h3-6,11H,2,7-10H2,1H3,(H2,19,20,21). The molecule has 6 heteroatoms. The molecule has 1 fully saturated rings. The van der Waals surface area contributed by atoms with Crippen molar-refractivity contribution in [3.05, 3.63) is 41.6 Å². The van der Waals surface area contributed by atoms with E-state index in [4.69, 9.17) is 11.0 Å². The predicted molar refractivity (Wildman–Crippen MR) is 91.4 cm³/mol. The zero-order valence-corrected chi connectivity index (χ0v) is 13.2. The number of anilines is 3. The number of nitrogen functional groups attached to an aromatic ring is 1. The molecule has 0 spiro atoms. The van der Waals surface area contributed by atoms with Gasteiger partial charge in [-0.25, -0.2) is 4.98 Å². The summed E-state index contributed by atoms with van der Waals surface area (Å²) in [6.45, 7) is 5.66. The summed E-state index contributed by atoms with van der Waals surface area (Å²) in [4.78, 5) is 13.1. The molecule has 0 bridgehead atoms. The maximum atomic E-state index is 8.90. The van der Waals surface area contributed by atoms with E-state index in [-0.39, 0.29) is 0 Å². The quantitative estimate of drug-likeness (QED) is 0.913. The van der Waals surface area contributed by atoms with Crippen LogP contribution in [0.4, 0.5) is 17.5 Å². The molecule has 0 unspecified atom stereocenters. The van der Waals surface area contributed by atoms with Crippen LogP contribution in [0.3, 0.4) is 0 Å². The van der Waals surface area contributed by atoms with Gasteiger partial charge in [0.1, 0.15) is 5.82 Å². The van der Waals surface area contributed by atoms with Crippen molar-refractivity contribution in [1.29, 1.82) is 5.26 Å². The summed E-state index contributed by atoms with van der Waals surface area (Å²) < 4.78 is 0. The van der Waals surface area contributed by atoms with E-state index >= 15 is 0 Å². The van der Waals surface area contributed by atoms with Crippen molar-refractivity contribution < 1.29 is 0 Å². The third-order valence-electron chi connectivity index (χ3n) is 4.04. The van der Waals surface area contributed by atoms with Crippen LogP contribution in [-0.4, -0.2) is 36.1 Å². The second-order valence-corrected chi connectivity index (χ2v) is 5.71. The van der Waals surface area contributed by atoms with Crippen LogP contribution in [0.2, 0.25) is 0 Å². The first-order chi connectivity index (χ1) is 11.2. The minimum Gasteiger partial charge on any atom is -0.370 e. The topological polar surface area (TPSA) is 82.1 Å². The van der Waals surface area contributed by atoms with E-state index in [0.29, 0.717) is 11.5 Å². The molecule has 0 atom stereocenters. The van der Waals surface area contributed by atoms with Gasteiger partial charge in [-0.3, -0.25) is 0 Å². The van der Waals surface area contributed by atoms with Gasteiger partial charge >= 0.3 is 0 Å². The largest absolute Gasteiger partial charge is 0.370 e. The van der Waals surface area contributed by atoms with Gasteiger partial charge in [-0.1, -0.05) is 0 Å². The molecule has 118 valence electrons. The van der Waals surface area contributed by atoms with Crippen LogP contribution in [0, 0.1) is 18.3 Å². The minimum atomic E-state index is 0.327. The predicted octanol–water partition coefficient (Wildman–Crippen LogP) is 1.96. The molecule has 1 aromatic carbocycles. The summed E-state index contributed by atoms with van der Waals surface area (Å²) in [5.74, 6) is 1.23. The highest BCUT2D eigenvalue weighted by molar-refractivity contribution is 5.51. The summed E-state index contributed by atoms with van der Waals surface area (Å²) >= 11 is 0. The third-order valence-corrected chi connectivity index (χ3v) is 4.04. The van der Waals surface area contributed by atoms with Crippen LogP contribution in [0.15, 0.2) is 30.3 Å². The molecule has 0 aliphatic carbocycles. The Bertz CT molecular complexity index is 699. The molecule has 1 aliphatic heterocycles. The fourth-order valence-electron chi connectivity index (χ4n) is 2.89. The second-order valence-electron chi connectivity index (χ2n) is 5.71. The SMILES string of the molecule is Cc1cc(N2CCCN(c3ccc(C#N)cc3)CC2)nc(N)n1. The van der Waals surface area contributed by atoms with E-state index in [1.165, 1.54) is 0 Å². The van der Waals surface area contributed by atoms with Gasteiger partial charge in [0.25, 0.3) is 0 Å². The number of nitriles is 1. The van der Waals surface area contributed by atoms with E-state index in [1.54, 1.807) is 0 Å². The molecular weight excluding hydrogens is 288 g/mol. The van der Waals surface area contributed by atoms with Gasteiger partial charge in [0, 0.05) is 43.6 Å². The Balaban J connectivity index is 1.72. The lowest BCUT2D eigenvalue weighted by atomic mass is 10.2. The molecule has 1 aromatic heterocycles. The number of aromatic nitrogens is 2. The average molecular weight is 308 g/mol. The zero-order valence-electron chi connectivity index (χ0n) is 13.2. The smallest absolute Gasteiger partial charge is 0.222 e. The Morgan fingerprint density at radius 2 is 1.74 bits per heavy atom. The fourth-order valence-corrected chi connectivity index (χ4v) is 2.89. The minimum absolute atomic E-state index is 0.327. The van der Waals surface area contributed by atoms with Gasteiger partial charge in [-0.15, -0.1) is 0 Å². The summed E-state index contributed by atoms with van der Waals surface area (Å²) in [6, 6.07) is 11.9. The first-order valence-corrected chi connectivity index (χ1v) is 7.77.